The summed E-state index contributed by atoms with van der Waals surface area (Å²) in [6, 6.07) is 12.4. The van der Waals surface area contributed by atoms with Crippen LogP contribution in [0.3, 0.4) is 0 Å². The van der Waals surface area contributed by atoms with Gasteiger partial charge in [0.2, 0.25) is 0 Å². The van der Waals surface area contributed by atoms with Gasteiger partial charge in [0, 0.05) is 49.4 Å². The molecule has 0 atom stereocenters. The van der Waals surface area contributed by atoms with Crippen molar-refractivity contribution < 1.29 is 14.3 Å². The van der Waals surface area contributed by atoms with Crippen LogP contribution in [0, 0.1) is 11.3 Å². The van der Waals surface area contributed by atoms with Gasteiger partial charge < -0.3 is 19.9 Å². The van der Waals surface area contributed by atoms with E-state index in [0.717, 1.165) is 46.1 Å². The third kappa shape index (κ3) is 5.32. The van der Waals surface area contributed by atoms with Crippen LogP contribution >= 0.6 is 0 Å². The van der Waals surface area contributed by atoms with Gasteiger partial charge in [-0.3, -0.25) is 9.48 Å². The van der Waals surface area contributed by atoms with Crippen LogP contribution in [0.15, 0.2) is 48.7 Å². The standard InChI is InChI=1S/C30H34N6O3/c1-19(15-31)17-36-18-24-23(20-6-7-21-16-32-34(5)26(21)14-20)8-9-25(27(24)28(36)37)33-22-10-12-35(13-11-22)29(38)39-30(2,3)4/h6-9,14,16,22,33H,1,10-13,17-18H2,2-5H3. The van der Waals surface area contributed by atoms with Gasteiger partial charge >= 0.3 is 6.09 Å². The van der Waals surface area contributed by atoms with Crippen molar-refractivity contribution in [3.05, 3.63) is 59.8 Å². The first kappa shape index (κ1) is 26.3. The molecule has 1 saturated heterocycles. The summed E-state index contributed by atoms with van der Waals surface area (Å²) in [5, 5.41) is 18.3. The Kier molecular flexibility index (Phi) is 6.81. The Labute approximate surface area is 228 Å². The molecule has 3 heterocycles. The highest BCUT2D eigenvalue weighted by atomic mass is 16.6. The lowest BCUT2D eigenvalue weighted by Gasteiger charge is -2.34. The van der Waals surface area contributed by atoms with Crippen molar-refractivity contribution in [1.82, 2.24) is 19.6 Å². The van der Waals surface area contributed by atoms with Crippen LogP contribution < -0.4 is 5.32 Å². The zero-order valence-corrected chi connectivity index (χ0v) is 23.0. The molecule has 2 aliphatic rings. The molecule has 0 spiro atoms. The lowest BCUT2D eigenvalue weighted by Crippen LogP contribution is -2.44. The molecule has 9 nitrogen and oxygen atoms in total. The maximum atomic E-state index is 13.6. The molecule has 2 aliphatic heterocycles. The number of benzene rings is 2. The molecule has 2 amide bonds. The summed E-state index contributed by atoms with van der Waals surface area (Å²) in [7, 11) is 1.91. The Morgan fingerprint density at radius 1 is 1.23 bits per heavy atom. The predicted octanol–water partition coefficient (Wildman–Crippen LogP) is 5.09. The number of nitrogens with zero attached hydrogens (tertiary/aromatic N) is 5. The van der Waals surface area contributed by atoms with Gasteiger partial charge in [-0.25, -0.2) is 4.79 Å². The Morgan fingerprint density at radius 2 is 1.97 bits per heavy atom. The minimum absolute atomic E-state index is 0.111. The largest absolute Gasteiger partial charge is 0.444 e. The minimum Gasteiger partial charge on any atom is -0.444 e. The molecule has 0 bridgehead atoms. The number of fused-ring (bicyclic) bond motifs is 2. The Bertz CT molecular complexity index is 1500. The summed E-state index contributed by atoms with van der Waals surface area (Å²) in [6.45, 7) is 11.1. The number of ether oxygens (including phenoxy) is 1. The molecule has 1 aromatic heterocycles. The van der Waals surface area contributed by atoms with Crippen molar-refractivity contribution in [2.24, 2.45) is 7.05 Å². The summed E-state index contributed by atoms with van der Waals surface area (Å²) in [5.74, 6) is -0.112. The SMILES string of the molecule is C=C(C#N)CN1Cc2c(-c3ccc4cnn(C)c4c3)ccc(NC3CCN(C(=O)OC(C)(C)C)CC3)c2C1=O. The fourth-order valence-electron chi connectivity index (χ4n) is 5.33. The fourth-order valence-corrected chi connectivity index (χ4v) is 5.33. The molecular weight excluding hydrogens is 492 g/mol. The molecule has 2 aromatic carbocycles. The summed E-state index contributed by atoms with van der Waals surface area (Å²) in [6.07, 6.45) is 3.04. The molecule has 3 aromatic rings. The summed E-state index contributed by atoms with van der Waals surface area (Å²) < 4.78 is 7.36. The number of amides is 2. The van der Waals surface area contributed by atoms with Crippen LogP contribution in [0.2, 0.25) is 0 Å². The van der Waals surface area contributed by atoms with E-state index in [0.29, 0.717) is 30.8 Å². The highest BCUT2D eigenvalue weighted by Crippen LogP contribution is 2.39. The van der Waals surface area contributed by atoms with E-state index in [1.165, 1.54) is 0 Å². The first-order chi connectivity index (χ1) is 18.5. The van der Waals surface area contributed by atoms with Crippen LogP contribution in [0.5, 0.6) is 0 Å². The molecule has 1 N–H and O–H groups in total. The van der Waals surface area contributed by atoms with Gasteiger partial charge in [0.15, 0.2) is 0 Å². The number of anilines is 1. The molecule has 39 heavy (non-hydrogen) atoms. The molecule has 5 rings (SSSR count). The third-order valence-corrected chi connectivity index (χ3v) is 7.27. The number of nitrogens with one attached hydrogen (secondary N) is 1. The number of piperidine rings is 1. The second kappa shape index (κ2) is 10.1. The fraction of sp³-hybridized carbons (Fsp3) is 0.400. The summed E-state index contributed by atoms with van der Waals surface area (Å²) in [4.78, 5) is 29.5. The lowest BCUT2D eigenvalue weighted by molar-refractivity contribution is 0.0210. The van der Waals surface area contributed by atoms with Gasteiger partial charge in [-0.1, -0.05) is 24.8 Å². The molecule has 0 unspecified atom stereocenters. The first-order valence-electron chi connectivity index (χ1n) is 13.2. The second-order valence-electron chi connectivity index (χ2n) is 11.3. The third-order valence-electron chi connectivity index (χ3n) is 7.27. The molecule has 0 saturated carbocycles. The van der Waals surface area contributed by atoms with Crippen LogP contribution in [-0.4, -0.2) is 62.9 Å². The van der Waals surface area contributed by atoms with Gasteiger partial charge in [0.05, 0.1) is 29.9 Å². The van der Waals surface area contributed by atoms with E-state index in [2.05, 4.69) is 41.3 Å². The number of likely N-dealkylation sites (tertiary alicyclic amines) is 1. The number of carbonyl (C=O) groups is 2. The Balaban J connectivity index is 1.42. The van der Waals surface area contributed by atoms with E-state index >= 15 is 0 Å². The maximum absolute atomic E-state index is 13.6. The molecule has 0 radical (unpaired) electrons. The number of nitriles is 1. The van der Waals surface area contributed by atoms with E-state index in [1.54, 1.807) is 9.80 Å². The number of rotatable bonds is 5. The molecule has 202 valence electrons. The highest BCUT2D eigenvalue weighted by Gasteiger charge is 2.34. The number of aryl methyl sites for hydroxylation is 1. The van der Waals surface area contributed by atoms with Crippen molar-refractivity contribution in [3.63, 3.8) is 0 Å². The Hall–Kier alpha value is -4.32. The lowest BCUT2D eigenvalue weighted by atomic mass is 9.94. The van der Waals surface area contributed by atoms with Gasteiger partial charge in [-0.15, -0.1) is 0 Å². The highest BCUT2D eigenvalue weighted by molar-refractivity contribution is 6.06. The predicted molar refractivity (Wildman–Crippen MR) is 150 cm³/mol. The molecular formula is C30H34N6O3. The van der Waals surface area contributed by atoms with E-state index in [1.807, 2.05) is 50.8 Å². The molecule has 1 fully saturated rings. The van der Waals surface area contributed by atoms with E-state index < -0.39 is 5.60 Å². The van der Waals surface area contributed by atoms with Crippen molar-refractivity contribution in [1.29, 1.82) is 5.26 Å². The Morgan fingerprint density at radius 3 is 2.67 bits per heavy atom. The molecule has 9 heteroatoms. The van der Waals surface area contributed by atoms with Crippen molar-refractivity contribution in [2.45, 2.75) is 51.8 Å². The quantitative estimate of drug-likeness (QED) is 0.465. The number of hydrogen-bond donors (Lipinski definition) is 1. The summed E-state index contributed by atoms with van der Waals surface area (Å²) in [5.41, 5.74) is 5.17. The monoisotopic (exact) mass is 526 g/mol. The average Bonchev–Trinajstić information content (AvgIpc) is 3.43. The number of carbonyl (C=O) groups excluding carboxylic acids is 2. The van der Waals surface area contributed by atoms with E-state index in [-0.39, 0.29) is 24.6 Å². The van der Waals surface area contributed by atoms with Crippen LogP contribution in [-0.2, 0) is 18.3 Å². The van der Waals surface area contributed by atoms with Crippen LogP contribution in [0.1, 0.15) is 49.5 Å². The van der Waals surface area contributed by atoms with E-state index in [9.17, 15) is 14.9 Å². The summed E-state index contributed by atoms with van der Waals surface area (Å²) >= 11 is 0. The smallest absolute Gasteiger partial charge is 0.410 e. The number of aromatic nitrogens is 2. The number of hydrogen-bond acceptors (Lipinski definition) is 6. The second-order valence-corrected chi connectivity index (χ2v) is 11.3. The van der Waals surface area contributed by atoms with Crippen molar-refractivity contribution in [2.75, 3.05) is 25.0 Å². The zero-order chi connectivity index (χ0) is 27.9. The minimum atomic E-state index is -0.529. The average molecular weight is 527 g/mol. The van der Waals surface area contributed by atoms with E-state index in [4.69, 9.17) is 4.74 Å². The van der Waals surface area contributed by atoms with Gasteiger partial charge in [-0.05, 0) is 62.4 Å². The van der Waals surface area contributed by atoms with Crippen molar-refractivity contribution in [3.8, 4) is 17.2 Å². The topological polar surface area (TPSA) is 103 Å². The normalized spacial score (nSPS) is 15.8. The van der Waals surface area contributed by atoms with Crippen LogP contribution in [0.4, 0.5) is 10.5 Å². The van der Waals surface area contributed by atoms with Crippen LogP contribution in [0.25, 0.3) is 22.0 Å². The zero-order valence-electron chi connectivity index (χ0n) is 23.0. The first-order valence-corrected chi connectivity index (χ1v) is 13.2. The molecule has 0 aliphatic carbocycles. The van der Waals surface area contributed by atoms with Gasteiger partial charge in [-0.2, -0.15) is 10.4 Å². The van der Waals surface area contributed by atoms with Gasteiger partial charge in [0.1, 0.15) is 5.60 Å². The van der Waals surface area contributed by atoms with Gasteiger partial charge in [0.25, 0.3) is 5.91 Å². The van der Waals surface area contributed by atoms with Crippen molar-refractivity contribution >= 4 is 28.6 Å². The maximum Gasteiger partial charge on any atom is 0.410 e.